The topological polar surface area (TPSA) is 25.8 Å². The van der Waals surface area contributed by atoms with Crippen molar-refractivity contribution in [1.29, 1.82) is 0 Å². The van der Waals surface area contributed by atoms with Crippen LogP contribution in [0.3, 0.4) is 0 Å². The van der Waals surface area contributed by atoms with Crippen LogP contribution in [-0.2, 0) is 0 Å². The summed E-state index contributed by atoms with van der Waals surface area (Å²) in [6.45, 7) is 1.91. The highest BCUT2D eigenvalue weighted by Gasteiger charge is 2.15. The lowest BCUT2D eigenvalue weighted by Gasteiger charge is -2.00. The number of hydrogen-bond acceptors (Lipinski definition) is 3. The Balaban J connectivity index is 2.30. The molecule has 2 heterocycles. The molecule has 3 aromatic rings. The van der Waals surface area contributed by atoms with Crippen LogP contribution in [0.1, 0.15) is 5.69 Å². The summed E-state index contributed by atoms with van der Waals surface area (Å²) in [7, 11) is 0. The summed E-state index contributed by atoms with van der Waals surface area (Å²) in [6, 6.07) is 6.45. The van der Waals surface area contributed by atoms with Crippen molar-refractivity contribution in [2.45, 2.75) is 6.92 Å². The maximum absolute atomic E-state index is 13.8. The SMILES string of the molecule is Cc1nccc2nc(-c3c(F)cccc3Cl)sc12. The van der Waals surface area contributed by atoms with Crippen molar-refractivity contribution in [2.24, 2.45) is 0 Å². The number of halogens is 2. The van der Waals surface area contributed by atoms with Crippen molar-refractivity contribution in [2.75, 3.05) is 0 Å². The van der Waals surface area contributed by atoms with Gasteiger partial charge in [-0.05, 0) is 25.1 Å². The summed E-state index contributed by atoms with van der Waals surface area (Å²) < 4.78 is 14.8. The van der Waals surface area contributed by atoms with Gasteiger partial charge in [0.1, 0.15) is 10.8 Å². The van der Waals surface area contributed by atoms with E-state index in [4.69, 9.17) is 11.6 Å². The van der Waals surface area contributed by atoms with Crippen LogP contribution in [0.15, 0.2) is 30.5 Å². The molecule has 0 aliphatic rings. The molecule has 0 atom stereocenters. The van der Waals surface area contributed by atoms with Crippen molar-refractivity contribution in [1.82, 2.24) is 9.97 Å². The van der Waals surface area contributed by atoms with Gasteiger partial charge in [-0.15, -0.1) is 11.3 Å². The fourth-order valence-electron chi connectivity index (χ4n) is 1.79. The molecule has 0 bridgehead atoms. The quantitative estimate of drug-likeness (QED) is 0.657. The Kier molecular flexibility index (Phi) is 2.76. The van der Waals surface area contributed by atoms with E-state index < -0.39 is 0 Å². The minimum absolute atomic E-state index is 0.354. The Morgan fingerprint density at radius 1 is 1.28 bits per heavy atom. The largest absolute Gasteiger partial charge is 0.260 e. The van der Waals surface area contributed by atoms with Crippen molar-refractivity contribution < 1.29 is 4.39 Å². The molecule has 0 radical (unpaired) electrons. The fraction of sp³-hybridized carbons (Fsp3) is 0.0769. The van der Waals surface area contributed by atoms with Crippen LogP contribution in [0.2, 0.25) is 5.02 Å². The molecule has 2 aromatic heterocycles. The Hall–Kier alpha value is -1.52. The second kappa shape index (κ2) is 4.30. The second-order valence-corrected chi connectivity index (χ2v) is 5.27. The van der Waals surface area contributed by atoms with Gasteiger partial charge in [-0.1, -0.05) is 17.7 Å². The minimum Gasteiger partial charge on any atom is -0.260 e. The molecule has 90 valence electrons. The molecule has 0 N–H and O–H groups in total. The van der Waals surface area contributed by atoms with Gasteiger partial charge in [-0.3, -0.25) is 4.98 Å². The normalized spacial score (nSPS) is 11.1. The number of benzene rings is 1. The van der Waals surface area contributed by atoms with Gasteiger partial charge in [0.25, 0.3) is 0 Å². The summed E-state index contributed by atoms with van der Waals surface area (Å²) in [6.07, 6.45) is 1.70. The van der Waals surface area contributed by atoms with Gasteiger partial charge in [-0.2, -0.15) is 0 Å². The summed E-state index contributed by atoms with van der Waals surface area (Å²) >= 11 is 7.45. The molecule has 5 heteroatoms. The van der Waals surface area contributed by atoms with Crippen LogP contribution in [0.4, 0.5) is 4.39 Å². The molecule has 0 saturated heterocycles. The van der Waals surface area contributed by atoms with E-state index in [1.54, 1.807) is 18.3 Å². The maximum atomic E-state index is 13.8. The van der Waals surface area contributed by atoms with Crippen LogP contribution in [0.5, 0.6) is 0 Å². The Labute approximate surface area is 112 Å². The number of aromatic nitrogens is 2. The molecule has 2 nitrogen and oxygen atoms in total. The predicted molar refractivity (Wildman–Crippen MR) is 72.6 cm³/mol. The van der Waals surface area contributed by atoms with Crippen molar-refractivity contribution in [3.63, 3.8) is 0 Å². The molecule has 0 aliphatic carbocycles. The lowest BCUT2D eigenvalue weighted by molar-refractivity contribution is 0.631. The minimum atomic E-state index is -0.354. The molecule has 0 amide bonds. The lowest BCUT2D eigenvalue weighted by Crippen LogP contribution is -1.84. The van der Waals surface area contributed by atoms with Crippen LogP contribution in [0, 0.1) is 12.7 Å². The van der Waals surface area contributed by atoms with E-state index in [9.17, 15) is 4.39 Å². The molecule has 0 unspecified atom stereocenters. The smallest absolute Gasteiger partial charge is 0.134 e. The number of nitrogens with zero attached hydrogens (tertiary/aromatic N) is 2. The third kappa shape index (κ3) is 1.78. The first-order chi connectivity index (χ1) is 8.66. The highest BCUT2D eigenvalue weighted by Crippen LogP contribution is 2.36. The Bertz CT molecular complexity index is 719. The summed E-state index contributed by atoms with van der Waals surface area (Å²) in [4.78, 5) is 8.62. The van der Waals surface area contributed by atoms with Gasteiger partial charge in [0, 0.05) is 6.20 Å². The molecule has 0 aliphatic heterocycles. The average molecular weight is 279 g/mol. The molecular formula is C13H8ClFN2S. The number of pyridine rings is 1. The van der Waals surface area contributed by atoms with Gasteiger partial charge in [0.2, 0.25) is 0 Å². The van der Waals surface area contributed by atoms with E-state index in [0.717, 1.165) is 15.9 Å². The molecule has 0 saturated carbocycles. The molecule has 3 rings (SSSR count). The lowest BCUT2D eigenvalue weighted by atomic mass is 10.2. The van der Waals surface area contributed by atoms with Crippen LogP contribution >= 0.6 is 22.9 Å². The summed E-state index contributed by atoms with van der Waals surface area (Å²) in [5.41, 5.74) is 2.07. The van der Waals surface area contributed by atoms with Crippen LogP contribution in [0.25, 0.3) is 20.8 Å². The van der Waals surface area contributed by atoms with Gasteiger partial charge < -0.3 is 0 Å². The number of aryl methyl sites for hydroxylation is 1. The van der Waals surface area contributed by atoms with E-state index in [1.807, 2.05) is 13.0 Å². The van der Waals surface area contributed by atoms with E-state index >= 15 is 0 Å². The first-order valence-electron chi connectivity index (χ1n) is 5.33. The number of hydrogen-bond donors (Lipinski definition) is 0. The Morgan fingerprint density at radius 2 is 2.11 bits per heavy atom. The predicted octanol–water partition coefficient (Wildman–Crippen LogP) is 4.46. The average Bonchev–Trinajstić information content (AvgIpc) is 2.74. The third-order valence-corrected chi connectivity index (χ3v) is 4.17. The zero-order valence-electron chi connectivity index (χ0n) is 9.45. The van der Waals surface area contributed by atoms with Crippen molar-refractivity contribution in [3.05, 3.63) is 47.0 Å². The second-order valence-electron chi connectivity index (χ2n) is 3.86. The van der Waals surface area contributed by atoms with Gasteiger partial charge in [0.15, 0.2) is 0 Å². The first-order valence-corrected chi connectivity index (χ1v) is 6.53. The van der Waals surface area contributed by atoms with Gasteiger partial charge in [-0.25, -0.2) is 9.37 Å². The van der Waals surface area contributed by atoms with E-state index in [2.05, 4.69) is 9.97 Å². The molecule has 0 fully saturated rings. The number of thiazole rings is 1. The van der Waals surface area contributed by atoms with Crippen LogP contribution < -0.4 is 0 Å². The van der Waals surface area contributed by atoms with Crippen LogP contribution in [-0.4, -0.2) is 9.97 Å². The highest BCUT2D eigenvalue weighted by molar-refractivity contribution is 7.21. The molecule has 0 spiro atoms. The number of rotatable bonds is 1. The summed E-state index contributed by atoms with van der Waals surface area (Å²) in [5, 5.41) is 0.962. The van der Waals surface area contributed by atoms with E-state index in [1.165, 1.54) is 17.4 Å². The fourth-order valence-corrected chi connectivity index (χ4v) is 3.17. The monoisotopic (exact) mass is 278 g/mol. The first kappa shape index (κ1) is 11.6. The molecule has 1 aromatic carbocycles. The standard InChI is InChI=1S/C13H8ClFN2S/c1-7-12-10(5-6-16-7)17-13(18-12)11-8(14)3-2-4-9(11)15/h2-6H,1H3. The van der Waals surface area contributed by atoms with Crippen molar-refractivity contribution >= 4 is 33.2 Å². The highest BCUT2D eigenvalue weighted by atomic mass is 35.5. The van der Waals surface area contributed by atoms with Crippen molar-refractivity contribution in [3.8, 4) is 10.6 Å². The zero-order valence-corrected chi connectivity index (χ0v) is 11.0. The third-order valence-electron chi connectivity index (χ3n) is 2.66. The number of fused-ring (bicyclic) bond motifs is 1. The zero-order chi connectivity index (χ0) is 12.7. The Morgan fingerprint density at radius 3 is 2.83 bits per heavy atom. The summed E-state index contributed by atoms with van der Waals surface area (Å²) in [5.74, 6) is -0.354. The maximum Gasteiger partial charge on any atom is 0.134 e. The van der Waals surface area contributed by atoms with E-state index in [-0.39, 0.29) is 5.82 Å². The van der Waals surface area contributed by atoms with Gasteiger partial charge in [0.05, 0.1) is 26.5 Å². The molecule has 18 heavy (non-hydrogen) atoms. The van der Waals surface area contributed by atoms with Gasteiger partial charge >= 0.3 is 0 Å². The van der Waals surface area contributed by atoms with E-state index in [0.29, 0.717) is 15.6 Å². The molecular weight excluding hydrogens is 271 g/mol.